The predicted molar refractivity (Wildman–Crippen MR) is 43.2 cm³/mol. The van der Waals surface area contributed by atoms with Gasteiger partial charge in [-0.15, -0.1) is 0 Å². The zero-order valence-electron chi connectivity index (χ0n) is 7.64. The summed E-state index contributed by atoms with van der Waals surface area (Å²) in [5, 5.41) is 0. The molecule has 66 valence electrons. The van der Waals surface area contributed by atoms with Crippen LogP contribution in [0.1, 0.15) is 13.8 Å². The lowest BCUT2D eigenvalue weighted by atomic mass is 10.4. The van der Waals surface area contributed by atoms with Crippen LogP contribution >= 0.6 is 0 Å². The maximum absolute atomic E-state index is 5.25. The minimum absolute atomic E-state index is 0.443. The highest BCUT2D eigenvalue weighted by Gasteiger charge is 2.22. The van der Waals surface area contributed by atoms with Gasteiger partial charge in [-0.1, -0.05) is 12.2 Å². The van der Waals surface area contributed by atoms with Gasteiger partial charge in [-0.25, -0.2) is 0 Å². The lowest BCUT2D eigenvalue weighted by Crippen LogP contribution is -2.33. The van der Waals surface area contributed by atoms with Crippen molar-refractivity contribution in [3.63, 3.8) is 0 Å². The van der Waals surface area contributed by atoms with Gasteiger partial charge in [-0.3, -0.25) is 0 Å². The molecule has 0 aromatic rings. The van der Waals surface area contributed by atoms with Crippen LogP contribution in [0.25, 0.3) is 0 Å². The summed E-state index contributed by atoms with van der Waals surface area (Å²) in [7, 11) is 3.06. The molecule has 0 unspecified atom stereocenters. The molecular formula is C8H16O3. The second-order valence-electron chi connectivity index (χ2n) is 2.52. The SMILES string of the molecule is C=C(C)COC(C)(OC)OC. The number of hydrogen-bond acceptors (Lipinski definition) is 3. The first kappa shape index (κ1) is 10.6. The Bertz CT molecular complexity index is 127. The molecule has 3 nitrogen and oxygen atoms in total. The monoisotopic (exact) mass is 160 g/mol. The summed E-state index contributed by atoms with van der Waals surface area (Å²) in [5.41, 5.74) is 0.935. The number of methoxy groups -OCH3 is 2. The molecule has 0 N–H and O–H groups in total. The Morgan fingerprint density at radius 1 is 1.36 bits per heavy atom. The molecule has 0 aromatic carbocycles. The zero-order valence-corrected chi connectivity index (χ0v) is 7.64. The largest absolute Gasteiger partial charge is 0.331 e. The lowest BCUT2D eigenvalue weighted by molar-refractivity contribution is -0.347. The molecule has 0 saturated carbocycles. The van der Waals surface area contributed by atoms with E-state index in [1.54, 1.807) is 6.92 Å². The normalized spacial score (nSPS) is 11.6. The number of rotatable bonds is 5. The van der Waals surface area contributed by atoms with Gasteiger partial charge in [0.2, 0.25) is 0 Å². The fourth-order valence-corrected chi connectivity index (χ4v) is 0.455. The van der Waals surface area contributed by atoms with E-state index in [2.05, 4.69) is 6.58 Å². The zero-order chi connectivity index (χ0) is 8.91. The first-order chi connectivity index (χ1) is 5.04. The molecular weight excluding hydrogens is 144 g/mol. The maximum Gasteiger partial charge on any atom is 0.279 e. The van der Waals surface area contributed by atoms with Gasteiger partial charge in [0.15, 0.2) is 0 Å². The van der Waals surface area contributed by atoms with Gasteiger partial charge in [0.1, 0.15) is 0 Å². The Morgan fingerprint density at radius 3 is 2.09 bits per heavy atom. The second-order valence-corrected chi connectivity index (χ2v) is 2.52. The van der Waals surface area contributed by atoms with Crippen LogP contribution in [0.5, 0.6) is 0 Å². The second kappa shape index (κ2) is 4.49. The Balaban J connectivity index is 3.78. The van der Waals surface area contributed by atoms with Crippen molar-refractivity contribution in [3.05, 3.63) is 12.2 Å². The quantitative estimate of drug-likeness (QED) is 0.451. The van der Waals surface area contributed by atoms with Crippen molar-refractivity contribution in [1.82, 2.24) is 0 Å². The first-order valence-corrected chi connectivity index (χ1v) is 3.42. The Hall–Kier alpha value is -0.380. The van der Waals surface area contributed by atoms with Crippen molar-refractivity contribution < 1.29 is 14.2 Å². The van der Waals surface area contributed by atoms with E-state index in [1.165, 1.54) is 14.2 Å². The molecule has 0 fully saturated rings. The fraction of sp³-hybridized carbons (Fsp3) is 0.750. The average Bonchev–Trinajstić information content (AvgIpc) is 2.00. The van der Waals surface area contributed by atoms with Gasteiger partial charge in [0.25, 0.3) is 5.97 Å². The summed E-state index contributed by atoms with van der Waals surface area (Å²) in [6.45, 7) is 7.72. The van der Waals surface area contributed by atoms with Gasteiger partial charge in [0.05, 0.1) is 6.61 Å². The highest BCUT2D eigenvalue weighted by molar-refractivity contribution is 4.87. The predicted octanol–water partition coefficient (Wildman–Crippen LogP) is 1.55. The van der Waals surface area contributed by atoms with Crippen LogP contribution in [0.2, 0.25) is 0 Å². The fourth-order valence-electron chi connectivity index (χ4n) is 0.455. The van der Waals surface area contributed by atoms with Crippen molar-refractivity contribution in [2.24, 2.45) is 0 Å². The molecule has 0 amide bonds. The van der Waals surface area contributed by atoms with Crippen molar-refractivity contribution in [1.29, 1.82) is 0 Å². The van der Waals surface area contributed by atoms with E-state index in [0.717, 1.165) is 5.57 Å². The van der Waals surface area contributed by atoms with Gasteiger partial charge < -0.3 is 14.2 Å². The summed E-state index contributed by atoms with van der Waals surface area (Å²) >= 11 is 0. The summed E-state index contributed by atoms with van der Waals surface area (Å²) in [5.74, 6) is -0.945. The van der Waals surface area contributed by atoms with E-state index < -0.39 is 5.97 Å². The highest BCUT2D eigenvalue weighted by atomic mass is 16.9. The van der Waals surface area contributed by atoms with E-state index in [9.17, 15) is 0 Å². The van der Waals surface area contributed by atoms with E-state index in [1.807, 2.05) is 6.92 Å². The smallest absolute Gasteiger partial charge is 0.279 e. The summed E-state index contributed by atoms with van der Waals surface area (Å²) < 4.78 is 15.1. The van der Waals surface area contributed by atoms with Gasteiger partial charge in [-0.05, 0) is 6.92 Å². The van der Waals surface area contributed by atoms with E-state index >= 15 is 0 Å². The van der Waals surface area contributed by atoms with Crippen molar-refractivity contribution in [3.8, 4) is 0 Å². The van der Waals surface area contributed by atoms with E-state index in [4.69, 9.17) is 14.2 Å². The van der Waals surface area contributed by atoms with E-state index in [-0.39, 0.29) is 0 Å². The molecule has 11 heavy (non-hydrogen) atoms. The van der Waals surface area contributed by atoms with Crippen LogP contribution in [0.3, 0.4) is 0 Å². The van der Waals surface area contributed by atoms with Crippen LogP contribution < -0.4 is 0 Å². The topological polar surface area (TPSA) is 27.7 Å². The molecule has 0 saturated heterocycles. The molecule has 0 aromatic heterocycles. The van der Waals surface area contributed by atoms with Crippen LogP contribution in [0.4, 0.5) is 0 Å². The Labute approximate surface area is 67.9 Å². The van der Waals surface area contributed by atoms with Gasteiger partial charge >= 0.3 is 0 Å². The molecule has 3 heteroatoms. The molecule has 0 atom stereocenters. The van der Waals surface area contributed by atoms with Gasteiger partial charge in [-0.2, -0.15) is 0 Å². The van der Waals surface area contributed by atoms with Gasteiger partial charge in [0, 0.05) is 21.1 Å². The molecule has 0 spiro atoms. The summed E-state index contributed by atoms with van der Waals surface area (Å²) in [4.78, 5) is 0. The van der Waals surface area contributed by atoms with Crippen molar-refractivity contribution >= 4 is 0 Å². The van der Waals surface area contributed by atoms with Crippen LogP contribution in [-0.2, 0) is 14.2 Å². The Kier molecular flexibility index (Phi) is 4.33. The number of ether oxygens (including phenoxy) is 3. The molecule has 0 bridgehead atoms. The lowest BCUT2D eigenvalue weighted by Gasteiger charge is -2.25. The van der Waals surface area contributed by atoms with Crippen LogP contribution in [-0.4, -0.2) is 26.8 Å². The third-order valence-corrected chi connectivity index (χ3v) is 1.32. The van der Waals surface area contributed by atoms with E-state index in [0.29, 0.717) is 6.61 Å². The first-order valence-electron chi connectivity index (χ1n) is 3.42. The van der Waals surface area contributed by atoms with Crippen molar-refractivity contribution in [2.45, 2.75) is 19.8 Å². The third-order valence-electron chi connectivity index (χ3n) is 1.32. The standard InChI is InChI=1S/C8H16O3/c1-7(2)6-11-8(3,9-4)10-5/h1,6H2,2-5H3. The minimum atomic E-state index is -0.945. The molecule has 0 radical (unpaired) electrons. The summed E-state index contributed by atoms with van der Waals surface area (Å²) in [6, 6.07) is 0. The van der Waals surface area contributed by atoms with Crippen LogP contribution in [0.15, 0.2) is 12.2 Å². The highest BCUT2D eigenvalue weighted by Crippen LogP contribution is 2.12. The third kappa shape index (κ3) is 4.14. The number of hydrogen-bond donors (Lipinski definition) is 0. The average molecular weight is 160 g/mol. The van der Waals surface area contributed by atoms with Crippen LogP contribution in [0, 0.1) is 0 Å². The molecule has 0 aliphatic carbocycles. The maximum atomic E-state index is 5.25. The van der Waals surface area contributed by atoms with Crippen molar-refractivity contribution in [2.75, 3.05) is 20.8 Å². The molecule has 0 aliphatic rings. The molecule has 0 rings (SSSR count). The summed E-state index contributed by atoms with van der Waals surface area (Å²) in [6.07, 6.45) is 0. The molecule has 0 aliphatic heterocycles. The minimum Gasteiger partial charge on any atom is -0.331 e. The molecule has 0 heterocycles. The Morgan fingerprint density at radius 2 is 1.82 bits per heavy atom.